The number of nitrogens with one attached hydrogen (secondary N) is 3. The Balaban J connectivity index is 2.08. The third-order valence-corrected chi connectivity index (χ3v) is 3.55. The van der Waals surface area contributed by atoms with E-state index < -0.39 is 4.92 Å². The molecule has 0 aliphatic rings. The van der Waals surface area contributed by atoms with Crippen LogP contribution in [0.2, 0.25) is 0 Å². The molecule has 8 heteroatoms. The highest BCUT2D eigenvalue weighted by molar-refractivity contribution is 6.04. The molecule has 3 rings (SSSR count). The van der Waals surface area contributed by atoms with Crippen LogP contribution in [-0.4, -0.2) is 22.3 Å². The molecular weight excluding hydrogens is 322 g/mol. The van der Waals surface area contributed by atoms with E-state index in [1.165, 1.54) is 12.1 Å². The largest absolute Gasteiger partial charge is 0.325 e. The van der Waals surface area contributed by atoms with Gasteiger partial charge in [-0.1, -0.05) is 18.2 Å². The lowest BCUT2D eigenvalue weighted by Crippen LogP contribution is -2.28. The second-order valence-corrected chi connectivity index (χ2v) is 5.14. The number of carbonyl (C=O) groups excluding carboxylic acids is 1. The van der Waals surface area contributed by atoms with Crippen molar-refractivity contribution in [3.8, 4) is 11.3 Å². The summed E-state index contributed by atoms with van der Waals surface area (Å²) in [6.07, 6.45) is 0.413. The molecule has 3 N–H and O–H groups in total. The molecule has 0 atom stereocenters. The summed E-state index contributed by atoms with van der Waals surface area (Å²) in [5, 5.41) is 24.3. The van der Waals surface area contributed by atoms with E-state index in [2.05, 4.69) is 15.6 Å². The number of amides is 1. The van der Waals surface area contributed by atoms with E-state index in [1.54, 1.807) is 18.2 Å². The van der Waals surface area contributed by atoms with Gasteiger partial charge in [0.2, 0.25) is 6.41 Å². The number of aromatic nitrogens is 1. The Morgan fingerprint density at radius 1 is 1.16 bits per heavy atom. The van der Waals surface area contributed by atoms with E-state index in [4.69, 9.17) is 5.41 Å². The highest BCUT2D eigenvalue weighted by atomic mass is 16.6. The molecule has 2 aromatic carbocycles. The first-order valence-electron chi connectivity index (χ1n) is 7.29. The van der Waals surface area contributed by atoms with Crippen LogP contribution in [-0.2, 0) is 4.79 Å². The Bertz CT molecular complexity index is 970. The number of rotatable bonds is 4. The van der Waals surface area contributed by atoms with Gasteiger partial charge in [0.15, 0.2) is 5.96 Å². The number of fused-ring (bicyclic) bond motifs is 1. The lowest BCUT2D eigenvalue weighted by molar-refractivity contribution is -0.384. The van der Waals surface area contributed by atoms with Crippen molar-refractivity contribution in [2.45, 2.75) is 0 Å². The van der Waals surface area contributed by atoms with Gasteiger partial charge in [-0.05, 0) is 24.3 Å². The van der Waals surface area contributed by atoms with Crippen molar-refractivity contribution in [2.24, 2.45) is 0 Å². The van der Waals surface area contributed by atoms with E-state index in [1.807, 2.05) is 24.3 Å². The lowest BCUT2D eigenvalue weighted by Gasteiger charge is -2.12. The Hall–Kier alpha value is -3.81. The molecule has 3 aromatic rings. The fourth-order valence-electron chi connectivity index (χ4n) is 2.41. The molecular formula is C17H13N5O3. The number of benzene rings is 2. The van der Waals surface area contributed by atoms with Gasteiger partial charge in [0.05, 0.1) is 21.8 Å². The molecule has 0 fully saturated rings. The number of guanidine groups is 1. The summed E-state index contributed by atoms with van der Waals surface area (Å²) >= 11 is 0. The molecule has 0 aliphatic carbocycles. The van der Waals surface area contributed by atoms with Crippen LogP contribution in [0.3, 0.4) is 0 Å². The van der Waals surface area contributed by atoms with Crippen LogP contribution in [0.15, 0.2) is 54.6 Å². The molecule has 1 amide bonds. The number of para-hydroxylation sites is 1. The zero-order chi connectivity index (χ0) is 17.8. The molecule has 124 valence electrons. The first-order chi connectivity index (χ1) is 12.1. The van der Waals surface area contributed by atoms with Crippen LogP contribution in [0, 0.1) is 15.5 Å². The maximum absolute atomic E-state index is 10.8. The zero-order valence-electron chi connectivity index (χ0n) is 12.9. The number of hydrogen-bond acceptors (Lipinski definition) is 5. The topological polar surface area (TPSA) is 121 Å². The molecule has 1 heterocycles. The van der Waals surface area contributed by atoms with Gasteiger partial charge in [-0.25, -0.2) is 4.98 Å². The minimum Gasteiger partial charge on any atom is -0.325 e. The third kappa shape index (κ3) is 3.42. The molecule has 25 heavy (non-hydrogen) atoms. The van der Waals surface area contributed by atoms with Crippen LogP contribution in [0.4, 0.5) is 11.4 Å². The average molecular weight is 335 g/mol. The Labute approximate surface area is 142 Å². The van der Waals surface area contributed by atoms with E-state index in [-0.39, 0.29) is 11.6 Å². The fraction of sp³-hybridized carbons (Fsp3) is 0. The van der Waals surface area contributed by atoms with Crippen molar-refractivity contribution in [1.29, 1.82) is 5.41 Å². The smallest absolute Gasteiger partial charge is 0.269 e. The first-order valence-corrected chi connectivity index (χ1v) is 7.29. The van der Waals surface area contributed by atoms with Crippen molar-refractivity contribution < 1.29 is 9.72 Å². The number of nitrogens with zero attached hydrogens (tertiary/aromatic N) is 2. The molecule has 0 unspecified atom stereocenters. The number of carbonyl (C=O) groups is 1. The van der Waals surface area contributed by atoms with Gasteiger partial charge in [-0.15, -0.1) is 0 Å². The molecule has 0 saturated heterocycles. The average Bonchev–Trinajstić information content (AvgIpc) is 2.62. The molecule has 1 aromatic heterocycles. The minimum atomic E-state index is -0.461. The fourth-order valence-corrected chi connectivity index (χ4v) is 2.41. The van der Waals surface area contributed by atoms with Gasteiger partial charge in [0.25, 0.3) is 5.69 Å². The highest BCUT2D eigenvalue weighted by Crippen LogP contribution is 2.29. The van der Waals surface area contributed by atoms with Crippen LogP contribution >= 0.6 is 0 Å². The van der Waals surface area contributed by atoms with Crippen LogP contribution in [0.25, 0.3) is 22.2 Å². The SMILES string of the molecule is N=C(NC=O)Nc1cc(-c2ccc([N+](=O)[O-])cc2)nc2ccccc12. The summed E-state index contributed by atoms with van der Waals surface area (Å²) in [7, 11) is 0. The van der Waals surface area contributed by atoms with Crippen molar-refractivity contribution in [2.75, 3.05) is 5.32 Å². The van der Waals surface area contributed by atoms with Crippen LogP contribution in [0.5, 0.6) is 0 Å². The maximum Gasteiger partial charge on any atom is 0.269 e. The molecule has 0 aliphatic heterocycles. The van der Waals surface area contributed by atoms with Gasteiger partial charge in [-0.2, -0.15) is 0 Å². The predicted octanol–water partition coefficient (Wildman–Crippen LogP) is 2.90. The molecule has 8 nitrogen and oxygen atoms in total. The zero-order valence-corrected chi connectivity index (χ0v) is 12.9. The van der Waals surface area contributed by atoms with Gasteiger partial charge in [-0.3, -0.25) is 25.6 Å². The van der Waals surface area contributed by atoms with Crippen molar-refractivity contribution in [3.05, 3.63) is 64.7 Å². The van der Waals surface area contributed by atoms with Crippen molar-refractivity contribution in [3.63, 3.8) is 0 Å². The summed E-state index contributed by atoms with van der Waals surface area (Å²) in [5.41, 5.74) is 2.59. The van der Waals surface area contributed by atoms with E-state index in [9.17, 15) is 14.9 Å². The summed E-state index contributed by atoms with van der Waals surface area (Å²) in [6, 6.07) is 15.1. The summed E-state index contributed by atoms with van der Waals surface area (Å²) < 4.78 is 0. The predicted molar refractivity (Wildman–Crippen MR) is 94.4 cm³/mol. The van der Waals surface area contributed by atoms with E-state index in [0.717, 1.165) is 5.39 Å². The monoisotopic (exact) mass is 335 g/mol. The Morgan fingerprint density at radius 2 is 1.88 bits per heavy atom. The van der Waals surface area contributed by atoms with Crippen LogP contribution < -0.4 is 10.6 Å². The Morgan fingerprint density at radius 3 is 2.56 bits per heavy atom. The Kier molecular flexibility index (Phi) is 4.34. The first kappa shape index (κ1) is 16.1. The second kappa shape index (κ2) is 6.75. The number of non-ortho nitro benzene ring substituents is 1. The van der Waals surface area contributed by atoms with Crippen molar-refractivity contribution in [1.82, 2.24) is 10.3 Å². The van der Waals surface area contributed by atoms with E-state index in [0.29, 0.717) is 28.9 Å². The van der Waals surface area contributed by atoms with Crippen molar-refractivity contribution >= 4 is 34.6 Å². The lowest BCUT2D eigenvalue weighted by atomic mass is 10.1. The number of nitro groups is 1. The number of pyridine rings is 1. The maximum atomic E-state index is 10.8. The highest BCUT2D eigenvalue weighted by Gasteiger charge is 2.10. The standard InChI is InChI=1S/C17H13N5O3/c18-17(19-10-23)21-16-9-15(20-14-4-2-1-3-13(14)16)11-5-7-12(8-6-11)22(24)25/h1-10H,(H3,18,19,20,21,23). The molecule has 0 saturated carbocycles. The summed E-state index contributed by atoms with van der Waals surface area (Å²) in [6.45, 7) is 0. The molecule has 0 bridgehead atoms. The van der Waals surface area contributed by atoms with Crippen LogP contribution in [0.1, 0.15) is 0 Å². The molecule has 0 radical (unpaired) electrons. The normalized spacial score (nSPS) is 10.2. The number of anilines is 1. The molecule has 0 spiro atoms. The number of hydrogen-bond donors (Lipinski definition) is 3. The van der Waals surface area contributed by atoms with E-state index >= 15 is 0 Å². The van der Waals surface area contributed by atoms with Gasteiger partial charge < -0.3 is 5.32 Å². The summed E-state index contributed by atoms with van der Waals surface area (Å²) in [5.74, 6) is -0.166. The quantitative estimate of drug-likeness (QED) is 0.222. The number of nitro benzene ring substituents is 1. The third-order valence-electron chi connectivity index (χ3n) is 3.55. The summed E-state index contributed by atoms with van der Waals surface area (Å²) in [4.78, 5) is 25.4. The van der Waals surface area contributed by atoms with Gasteiger partial charge >= 0.3 is 0 Å². The minimum absolute atomic E-state index is 0.000140. The van der Waals surface area contributed by atoms with Gasteiger partial charge in [0, 0.05) is 23.1 Å². The second-order valence-electron chi connectivity index (χ2n) is 5.14. The van der Waals surface area contributed by atoms with Gasteiger partial charge in [0.1, 0.15) is 0 Å².